The second-order valence-corrected chi connectivity index (χ2v) is 6.46. The summed E-state index contributed by atoms with van der Waals surface area (Å²) in [6.07, 6.45) is 1.43. The number of nitrogens with one attached hydrogen (secondary N) is 2. The largest absolute Gasteiger partial charge is 0.391 e. The molecule has 2 rings (SSSR count). The van der Waals surface area contributed by atoms with E-state index < -0.39 is 12.1 Å². The van der Waals surface area contributed by atoms with Crippen molar-refractivity contribution in [3.8, 4) is 0 Å². The Morgan fingerprint density at radius 2 is 1.87 bits per heavy atom. The van der Waals surface area contributed by atoms with Crippen LogP contribution < -0.4 is 10.6 Å². The van der Waals surface area contributed by atoms with Crippen molar-refractivity contribution in [3.05, 3.63) is 34.9 Å². The molecule has 1 saturated carbocycles. The summed E-state index contributed by atoms with van der Waals surface area (Å²) < 4.78 is 0. The minimum atomic E-state index is -0.958. The van der Waals surface area contributed by atoms with Gasteiger partial charge in [0.05, 0.1) is 12.1 Å². The lowest BCUT2D eigenvalue weighted by atomic mass is 10.0. The summed E-state index contributed by atoms with van der Waals surface area (Å²) in [6.45, 7) is 3.46. The molecule has 1 fully saturated rings. The van der Waals surface area contributed by atoms with Crippen LogP contribution in [0.25, 0.3) is 0 Å². The molecular formula is C17H23ClN2O3. The molecule has 23 heavy (non-hydrogen) atoms. The fraction of sp³-hybridized carbons (Fsp3) is 0.529. The van der Waals surface area contributed by atoms with Crippen LogP contribution in [-0.2, 0) is 9.59 Å². The molecule has 1 aromatic rings. The first-order chi connectivity index (χ1) is 10.9. The predicted molar refractivity (Wildman–Crippen MR) is 89.0 cm³/mol. The number of aliphatic hydroxyl groups is 1. The maximum atomic E-state index is 12.5. The van der Waals surface area contributed by atoms with Gasteiger partial charge in [-0.3, -0.25) is 9.59 Å². The van der Waals surface area contributed by atoms with E-state index in [2.05, 4.69) is 10.6 Å². The standard InChI is InChI=1S/C17H23ClN2O3/c1-3-14(11-6-8-13(18)9-7-11)19-17(23)15(10(2)21)20-16(22)12-4-5-12/h6-10,12,14-15,21H,3-5H2,1-2H3,(H,19,23)(H,20,22). The Morgan fingerprint density at radius 3 is 2.35 bits per heavy atom. The summed E-state index contributed by atoms with van der Waals surface area (Å²) in [4.78, 5) is 24.3. The third kappa shape index (κ3) is 4.94. The Hall–Kier alpha value is -1.59. The Bertz CT molecular complexity index is 555. The van der Waals surface area contributed by atoms with E-state index in [-0.39, 0.29) is 23.8 Å². The number of halogens is 1. The summed E-state index contributed by atoms with van der Waals surface area (Å²) in [5, 5.41) is 16.0. The number of aliphatic hydroxyl groups excluding tert-OH is 1. The zero-order valence-corrected chi connectivity index (χ0v) is 14.1. The molecule has 0 saturated heterocycles. The number of benzene rings is 1. The molecule has 5 nitrogen and oxygen atoms in total. The molecule has 126 valence electrons. The summed E-state index contributed by atoms with van der Waals surface area (Å²) in [7, 11) is 0. The number of hydrogen-bond donors (Lipinski definition) is 3. The lowest BCUT2D eigenvalue weighted by Gasteiger charge is -2.24. The number of hydrogen-bond acceptors (Lipinski definition) is 3. The Balaban J connectivity index is 2.03. The van der Waals surface area contributed by atoms with Crippen LogP contribution in [0, 0.1) is 5.92 Å². The normalized spacial score (nSPS) is 17.9. The SMILES string of the molecule is CCC(NC(=O)C(NC(=O)C1CC1)C(C)O)c1ccc(Cl)cc1. The second-order valence-electron chi connectivity index (χ2n) is 6.02. The van der Waals surface area contributed by atoms with E-state index in [4.69, 9.17) is 11.6 Å². The quantitative estimate of drug-likeness (QED) is 0.713. The molecule has 3 N–H and O–H groups in total. The van der Waals surface area contributed by atoms with Gasteiger partial charge < -0.3 is 15.7 Å². The molecule has 1 aliphatic carbocycles. The zero-order valence-electron chi connectivity index (χ0n) is 13.4. The fourth-order valence-electron chi connectivity index (χ4n) is 2.40. The number of amides is 2. The number of carbonyl (C=O) groups is 2. The maximum absolute atomic E-state index is 12.5. The van der Waals surface area contributed by atoms with Gasteiger partial charge in [0.25, 0.3) is 0 Å². The zero-order chi connectivity index (χ0) is 17.0. The molecule has 3 atom stereocenters. The average molecular weight is 339 g/mol. The van der Waals surface area contributed by atoms with Crippen molar-refractivity contribution in [1.29, 1.82) is 0 Å². The molecular weight excluding hydrogens is 316 g/mol. The summed E-state index contributed by atoms with van der Waals surface area (Å²) in [5.41, 5.74) is 0.933. The average Bonchev–Trinajstić information content (AvgIpc) is 3.35. The van der Waals surface area contributed by atoms with Gasteiger partial charge in [-0.1, -0.05) is 30.7 Å². The van der Waals surface area contributed by atoms with Gasteiger partial charge in [-0.05, 0) is 43.9 Å². The van der Waals surface area contributed by atoms with E-state index in [1.807, 2.05) is 19.1 Å². The van der Waals surface area contributed by atoms with Crippen molar-refractivity contribution < 1.29 is 14.7 Å². The van der Waals surface area contributed by atoms with Gasteiger partial charge in [0.1, 0.15) is 6.04 Å². The molecule has 6 heteroatoms. The smallest absolute Gasteiger partial charge is 0.245 e. The van der Waals surface area contributed by atoms with Gasteiger partial charge in [-0.15, -0.1) is 0 Å². The minimum Gasteiger partial charge on any atom is -0.391 e. The molecule has 0 heterocycles. The molecule has 1 aromatic carbocycles. The van der Waals surface area contributed by atoms with E-state index in [0.29, 0.717) is 11.4 Å². The Labute approximate surface area is 141 Å². The summed E-state index contributed by atoms with van der Waals surface area (Å²) >= 11 is 5.88. The molecule has 1 aliphatic rings. The lowest BCUT2D eigenvalue weighted by Crippen LogP contribution is -2.53. The first kappa shape index (κ1) is 17.8. The molecule has 3 unspecified atom stereocenters. The van der Waals surface area contributed by atoms with E-state index >= 15 is 0 Å². The van der Waals surface area contributed by atoms with Crippen molar-refractivity contribution in [2.45, 2.75) is 51.3 Å². The molecule has 2 amide bonds. The van der Waals surface area contributed by atoms with E-state index in [1.54, 1.807) is 12.1 Å². The van der Waals surface area contributed by atoms with Crippen LogP contribution in [0.15, 0.2) is 24.3 Å². The van der Waals surface area contributed by atoms with E-state index in [9.17, 15) is 14.7 Å². The molecule has 0 bridgehead atoms. The van der Waals surface area contributed by atoms with E-state index in [0.717, 1.165) is 18.4 Å². The second kappa shape index (κ2) is 7.79. The first-order valence-electron chi connectivity index (χ1n) is 7.96. The van der Waals surface area contributed by atoms with Crippen LogP contribution in [0.1, 0.15) is 44.7 Å². The van der Waals surface area contributed by atoms with Crippen molar-refractivity contribution in [2.75, 3.05) is 0 Å². The van der Waals surface area contributed by atoms with Gasteiger partial charge in [0.2, 0.25) is 11.8 Å². The summed E-state index contributed by atoms with van der Waals surface area (Å²) in [6, 6.07) is 6.12. The highest BCUT2D eigenvalue weighted by Crippen LogP contribution is 2.29. The highest BCUT2D eigenvalue weighted by atomic mass is 35.5. The van der Waals surface area contributed by atoms with Gasteiger partial charge in [0.15, 0.2) is 0 Å². The Kier molecular flexibility index (Phi) is 6.02. The molecule has 0 spiro atoms. The van der Waals surface area contributed by atoms with Gasteiger partial charge in [-0.2, -0.15) is 0 Å². The number of rotatable bonds is 7. The van der Waals surface area contributed by atoms with Crippen molar-refractivity contribution in [3.63, 3.8) is 0 Å². The van der Waals surface area contributed by atoms with Gasteiger partial charge >= 0.3 is 0 Å². The van der Waals surface area contributed by atoms with Crippen LogP contribution in [-0.4, -0.2) is 29.1 Å². The topological polar surface area (TPSA) is 78.4 Å². The van der Waals surface area contributed by atoms with Crippen molar-refractivity contribution >= 4 is 23.4 Å². The van der Waals surface area contributed by atoms with Gasteiger partial charge in [0, 0.05) is 10.9 Å². The maximum Gasteiger partial charge on any atom is 0.245 e. The van der Waals surface area contributed by atoms with Crippen LogP contribution in [0.2, 0.25) is 5.02 Å². The third-order valence-electron chi connectivity index (χ3n) is 4.01. The lowest BCUT2D eigenvalue weighted by molar-refractivity contribution is -0.132. The van der Waals surface area contributed by atoms with Crippen molar-refractivity contribution in [1.82, 2.24) is 10.6 Å². The summed E-state index contributed by atoms with van der Waals surface area (Å²) in [5.74, 6) is -0.552. The molecule has 0 aliphatic heterocycles. The monoisotopic (exact) mass is 338 g/mol. The molecule has 0 radical (unpaired) electrons. The van der Waals surface area contributed by atoms with Crippen LogP contribution >= 0.6 is 11.6 Å². The molecule has 0 aromatic heterocycles. The Morgan fingerprint density at radius 1 is 1.26 bits per heavy atom. The van der Waals surface area contributed by atoms with Crippen LogP contribution in [0.3, 0.4) is 0 Å². The third-order valence-corrected chi connectivity index (χ3v) is 4.26. The first-order valence-corrected chi connectivity index (χ1v) is 8.34. The highest BCUT2D eigenvalue weighted by molar-refractivity contribution is 6.30. The van der Waals surface area contributed by atoms with Crippen molar-refractivity contribution in [2.24, 2.45) is 5.92 Å². The number of carbonyl (C=O) groups excluding carboxylic acids is 2. The fourth-order valence-corrected chi connectivity index (χ4v) is 2.53. The van der Waals surface area contributed by atoms with Gasteiger partial charge in [-0.25, -0.2) is 0 Å². The predicted octanol–water partition coefficient (Wildman–Crippen LogP) is 2.18. The van der Waals surface area contributed by atoms with Crippen LogP contribution in [0.4, 0.5) is 0 Å². The van der Waals surface area contributed by atoms with E-state index in [1.165, 1.54) is 6.92 Å². The minimum absolute atomic E-state index is 0.0118. The van der Waals surface area contributed by atoms with Crippen LogP contribution in [0.5, 0.6) is 0 Å². The highest BCUT2D eigenvalue weighted by Gasteiger charge is 2.34.